The van der Waals surface area contributed by atoms with Gasteiger partial charge in [-0.2, -0.15) is 8.78 Å². The number of nitrogens with one attached hydrogen (secondary N) is 3. The van der Waals surface area contributed by atoms with Crippen LogP contribution in [0.2, 0.25) is 0 Å². The van der Waals surface area contributed by atoms with Crippen LogP contribution < -0.4 is 15.4 Å². The molecule has 2 aromatic heterocycles. The average Bonchev–Trinajstić information content (AvgIpc) is 3.15. The Morgan fingerprint density at radius 3 is 2.85 bits per heavy atom. The fourth-order valence-electron chi connectivity index (χ4n) is 4.15. The molecule has 1 aromatic carbocycles. The molecule has 1 aliphatic rings. The first-order valence-electron chi connectivity index (χ1n) is 10.8. The van der Waals surface area contributed by atoms with Crippen molar-refractivity contribution in [3.63, 3.8) is 0 Å². The van der Waals surface area contributed by atoms with Crippen LogP contribution in [0.4, 0.5) is 20.3 Å². The number of nitrogens with zero attached hydrogens (tertiary/aromatic N) is 2. The third-order valence-electron chi connectivity index (χ3n) is 5.69. The second-order valence-electron chi connectivity index (χ2n) is 8.24. The number of fused-ring (bicyclic) bond motifs is 3. The van der Waals surface area contributed by atoms with E-state index in [0.29, 0.717) is 54.8 Å². The van der Waals surface area contributed by atoms with Crippen molar-refractivity contribution in [3.05, 3.63) is 41.9 Å². The number of H-pyrrole nitrogens is 1. The molecule has 0 bridgehead atoms. The van der Waals surface area contributed by atoms with Gasteiger partial charge in [0, 0.05) is 24.4 Å². The van der Waals surface area contributed by atoms with Crippen LogP contribution in [0.5, 0.6) is 5.75 Å². The van der Waals surface area contributed by atoms with Crippen LogP contribution in [0.15, 0.2) is 30.6 Å². The number of amides is 1. The predicted octanol–water partition coefficient (Wildman–Crippen LogP) is 2.96. The van der Waals surface area contributed by atoms with Gasteiger partial charge in [0.15, 0.2) is 0 Å². The number of alkyl halides is 2. The minimum Gasteiger partial charge on any atom is -0.433 e. The summed E-state index contributed by atoms with van der Waals surface area (Å²) >= 11 is 0. The minimum atomic E-state index is -3.07. The molecule has 34 heavy (non-hydrogen) atoms. The quantitative estimate of drug-likeness (QED) is 0.391. The molecule has 0 fully saturated rings. The van der Waals surface area contributed by atoms with E-state index in [2.05, 4.69) is 30.3 Å². The fraction of sp³-hybridized carbons (Fsp3) is 0.409. The second-order valence-corrected chi connectivity index (χ2v) is 10.5. The van der Waals surface area contributed by atoms with E-state index in [1.165, 1.54) is 18.6 Å². The lowest BCUT2D eigenvalue weighted by Crippen LogP contribution is -2.35. The molecule has 9 nitrogen and oxygen atoms in total. The first-order chi connectivity index (χ1) is 16.2. The summed E-state index contributed by atoms with van der Waals surface area (Å²) in [5.41, 5.74) is 2.77. The van der Waals surface area contributed by atoms with E-state index in [0.717, 1.165) is 11.3 Å². The lowest BCUT2D eigenvalue weighted by molar-refractivity contribution is -0.125. The molecule has 0 spiro atoms. The Morgan fingerprint density at radius 1 is 1.29 bits per heavy atom. The van der Waals surface area contributed by atoms with Gasteiger partial charge in [0.25, 0.3) is 0 Å². The highest BCUT2D eigenvalue weighted by atomic mass is 32.2. The van der Waals surface area contributed by atoms with Crippen molar-refractivity contribution in [2.24, 2.45) is 5.92 Å². The zero-order chi connectivity index (χ0) is 24.3. The lowest BCUT2D eigenvalue weighted by Gasteiger charge is -2.22. The van der Waals surface area contributed by atoms with Gasteiger partial charge in [-0.1, -0.05) is 12.1 Å². The van der Waals surface area contributed by atoms with Crippen molar-refractivity contribution in [2.75, 3.05) is 23.9 Å². The van der Waals surface area contributed by atoms with Crippen molar-refractivity contribution in [3.8, 4) is 5.75 Å². The Kier molecular flexibility index (Phi) is 6.96. The number of aromatic nitrogens is 3. The largest absolute Gasteiger partial charge is 0.433 e. The van der Waals surface area contributed by atoms with Crippen LogP contribution >= 0.6 is 0 Å². The smallest absolute Gasteiger partial charge is 0.387 e. The van der Waals surface area contributed by atoms with Crippen molar-refractivity contribution in [1.29, 1.82) is 0 Å². The highest BCUT2D eigenvalue weighted by Gasteiger charge is 2.29. The highest BCUT2D eigenvalue weighted by molar-refractivity contribution is 7.90. The maximum atomic E-state index is 12.8. The molecule has 0 aliphatic heterocycles. The maximum absolute atomic E-state index is 12.8. The lowest BCUT2D eigenvalue weighted by atomic mass is 9.86. The first kappa shape index (κ1) is 23.9. The number of aromatic amines is 1. The normalized spacial score (nSPS) is 15.8. The number of hydrogen-bond acceptors (Lipinski definition) is 7. The molecule has 182 valence electrons. The number of carbonyl (C=O) groups excluding carboxylic acids is 1. The second kappa shape index (κ2) is 9.92. The van der Waals surface area contributed by atoms with Gasteiger partial charge in [-0.25, -0.2) is 18.4 Å². The van der Waals surface area contributed by atoms with Crippen molar-refractivity contribution in [2.45, 2.75) is 32.3 Å². The fourth-order valence-corrected chi connectivity index (χ4v) is 4.81. The molecule has 0 radical (unpaired) electrons. The number of para-hydroxylation sites is 2. The number of benzene rings is 1. The van der Waals surface area contributed by atoms with E-state index in [1.807, 2.05) is 0 Å². The number of hydrogen-bond donors (Lipinski definition) is 3. The van der Waals surface area contributed by atoms with Crippen molar-refractivity contribution in [1.82, 2.24) is 20.3 Å². The van der Waals surface area contributed by atoms with Crippen LogP contribution in [-0.4, -0.2) is 54.4 Å². The topological polar surface area (TPSA) is 126 Å². The zero-order valence-corrected chi connectivity index (χ0v) is 19.3. The van der Waals surface area contributed by atoms with Crippen LogP contribution in [0.1, 0.15) is 24.1 Å². The van der Waals surface area contributed by atoms with Gasteiger partial charge in [-0.3, -0.25) is 4.79 Å². The molecular weight excluding hydrogens is 468 g/mol. The van der Waals surface area contributed by atoms with Crippen molar-refractivity contribution < 1.29 is 26.7 Å². The van der Waals surface area contributed by atoms with Gasteiger partial charge < -0.3 is 20.4 Å². The monoisotopic (exact) mass is 493 g/mol. The number of halogens is 2. The van der Waals surface area contributed by atoms with Crippen LogP contribution in [0.3, 0.4) is 0 Å². The maximum Gasteiger partial charge on any atom is 0.387 e. The zero-order valence-electron chi connectivity index (χ0n) is 18.5. The molecule has 12 heteroatoms. The summed E-state index contributed by atoms with van der Waals surface area (Å²) in [4.78, 5) is 24.6. The SMILES string of the molecule is CS(=O)(=O)CCCNC(=O)[C@H]1CCc2[nH]c3ncnc(Nc4ccccc4OC(F)F)c3c2C1. The molecule has 2 heterocycles. The summed E-state index contributed by atoms with van der Waals surface area (Å²) in [6.45, 7) is -2.68. The molecule has 1 atom stereocenters. The van der Waals surface area contributed by atoms with E-state index >= 15 is 0 Å². The molecule has 0 unspecified atom stereocenters. The summed E-state index contributed by atoms with van der Waals surface area (Å²) in [6.07, 6.45) is 4.62. The standard InChI is InChI=1S/C22H25F2N5O4S/c1-34(31,32)10-4-9-25-21(30)13-7-8-15-14(11-13)18-19(28-15)26-12-27-20(18)29-16-5-2-3-6-17(16)33-22(23)24/h2-3,5-6,12-13,22H,4,7-11H2,1H3,(H,25,30)(H2,26,27,28,29)/t13-/m0/s1. The van der Waals surface area contributed by atoms with Gasteiger partial charge >= 0.3 is 6.61 Å². The third-order valence-corrected chi connectivity index (χ3v) is 6.72. The Labute approximate surface area is 195 Å². The molecule has 1 aliphatic carbocycles. The highest BCUT2D eigenvalue weighted by Crippen LogP contribution is 2.36. The van der Waals surface area contributed by atoms with Gasteiger partial charge in [0.2, 0.25) is 5.91 Å². The number of ether oxygens (including phenoxy) is 1. The van der Waals surface area contributed by atoms with Gasteiger partial charge in [0.05, 0.1) is 16.8 Å². The van der Waals surface area contributed by atoms with Gasteiger partial charge in [0.1, 0.15) is 33.4 Å². The molecule has 3 aromatic rings. The number of carbonyl (C=O) groups is 1. The average molecular weight is 494 g/mol. The molecule has 1 amide bonds. The van der Waals surface area contributed by atoms with E-state index in [1.54, 1.807) is 18.2 Å². The number of sulfone groups is 1. The number of anilines is 2. The Balaban J connectivity index is 1.54. The van der Waals surface area contributed by atoms with Gasteiger partial charge in [-0.05, 0) is 43.4 Å². The first-order valence-corrected chi connectivity index (χ1v) is 12.9. The molecule has 0 saturated carbocycles. The Hall–Kier alpha value is -3.28. The van der Waals surface area contributed by atoms with Crippen molar-refractivity contribution >= 4 is 38.3 Å². The van der Waals surface area contributed by atoms with E-state index < -0.39 is 16.4 Å². The summed E-state index contributed by atoms with van der Waals surface area (Å²) in [7, 11) is -3.07. The summed E-state index contributed by atoms with van der Waals surface area (Å²) in [5, 5.41) is 6.59. The third kappa shape index (κ3) is 5.61. The van der Waals surface area contributed by atoms with Crippen LogP contribution in [0.25, 0.3) is 11.0 Å². The van der Waals surface area contributed by atoms with Crippen LogP contribution in [0, 0.1) is 5.92 Å². The van der Waals surface area contributed by atoms with E-state index in [-0.39, 0.29) is 23.3 Å². The summed E-state index contributed by atoms with van der Waals surface area (Å²) in [5.74, 6) is 0.0121. The predicted molar refractivity (Wildman–Crippen MR) is 123 cm³/mol. The van der Waals surface area contributed by atoms with Gasteiger partial charge in [-0.15, -0.1) is 0 Å². The number of aryl methyl sites for hydroxylation is 1. The number of rotatable bonds is 9. The summed E-state index contributed by atoms with van der Waals surface area (Å²) < 4.78 is 52.8. The summed E-state index contributed by atoms with van der Waals surface area (Å²) in [6, 6.07) is 6.33. The molecule has 0 saturated heterocycles. The Morgan fingerprint density at radius 2 is 2.09 bits per heavy atom. The molecule has 4 rings (SSSR count). The minimum absolute atomic E-state index is 0.0139. The molecular formula is C22H25F2N5O4S. The Bertz CT molecular complexity index is 1300. The van der Waals surface area contributed by atoms with E-state index in [9.17, 15) is 22.0 Å². The molecule has 3 N–H and O–H groups in total. The van der Waals surface area contributed by atoms with Crippen LogP contribution in [-0.2, 0) is 27.5 Å². The van der Waals surface area contributed by atoms with E-state index in [4.69, 9.17) is 0 Å².